The molecular formula is C21H15F3N4O2S. The van der Waals surface area contributed by atoms with Crippen molar-refractivity contribution in [1.29, 1.82) is 0 Å². The molecule has 1 aromatic heterocycles. The SMILES string of the molecule is [C-]#[N+]c1cc(NC(=O)N(C)C2CSCc3[nH]c(=O)c4cc(F)c(F)cc4c32)ccc1F. The van der Waals surface area contributed by atoms with Crippen LogP contribution in [0.1, 0.15) is 17.3 Å². The van der Waals surface area contributed by atoms with Crippen LogP contribution in [0.5, 0.6) is 0 Å². The van der Waals surface area contributed by atoms with Crippen molar-refractivity contribution >= 4 is 39.9 Å². The van der Waals surface area contributed by atoms with E-state index in [0.29, 0.717) is 22.8 Å². The summed E-state index contributed by atoms with van der Waals surface area (Å²) in [6, 6.07) is 4.40. The molecule has 1 aliphatic heterocycles. The van der Waals surface area contributed by atoms with Gasteiger partial charge in [0.2, 0.25) is 5.69 Å². The number of urea groups is 1. The molecule has 0 fully saturated rings. The van der Waals surface area contributed by atoms with Crippen molar-refractivity contribution in [3.05, 3.63) is 80.8 Å². The quantitative estimate of drug-likeness (QED) is 0.550. The molecule has 0 spiro atoms. The van der Waals surface area contributed by atoms with Gasteiger partial charge in [-0.25, -0.2) is 22.8 Å². The fourth-order valence-corrected chi connectivity index (χ4v) is 4.74. The number of nitrogens with one attached hydrogen (secondary N) is 2. The van der Waals surface area contributed by atoms with E-state index in [1.807, 2.05) is 0 Å². The van der Waals surface area contributed by atoms with Crippen LogP contribution in [0, 0.1) is 24.0 Å². The Labute approximate surface area is 178 Å². The topological polar surface area (TPSA) is 69.6 Å². The number of thioether (sulfide) groups is 1. The van der Waals surface area contributed by atoms with Crippen molar-refractivity contribution in [3.8, 4) is 0 Å². The molecule has 1 unspecified atom stereocenters. The molecule has 2 heterocycles. The van der Waals surface area contributed by atoms with E-state index in [0.717, 1.165) is 18.2 Å². The summed E-state index contributed by atoms with van der Waals surface area (Å²) in [6.07, 6.45) is 0. The zero-order chi connectivity index (χ0) is 22.3. The predicted octanol–water partition coefficient (Wildman–Crippen LogP) is 4.95. The molecule has 0 saturated heterocycles. The monoisotopic (exact) mass is 444 g/mol. The van der Waals surface area contributed by atoms with Gasteiger partial charge in [0.25, 0.3) is 5.56 Å². The van der Waals surface area contributed by atoms with Crippen LogP contribution in [-0.2, 0) is 5.75 Å². The summed E-state index contributed by atoms with van der Waals surface area (Å²) in [7, 11) is 1.53. The highest BCUT2D eigenvalue weighted by atomic mass is 32.2. The van der Waals surface area contributed by atoms with Gasteiger partial charge in [0.05, 0.1) is 18.0 Å². The van der Waals surface area contributed by atoms with Crippen molar-refractivity contribution < 1.29 is 18.0 Å². The van der Waals surface area contributed by atoms with Gasteiger partial charge >= 0.3 is 6.03 Å². The second-order valence-corrected chi connectivity index (χ2v) is 8.04. The zero-order valence-electron chi connectivity index (χ0n) is 16.1. The molecule has 3 aromatic rings. The normalized spacial score (nSPS) is 15.3. The number of benzene rings is 2. The number of amides is 2. The summed E-state index contributed by atoms with van der Waals surface area (Å²) in [4.78, 5) is 32.4. The summed E-state index contributed by atoms with van der Waals surface area (Å²) < 4.78 is 41.2. The third-order valence-electron chi connectivity index (χ3n) is 5.15. The first-order valence-corrected chi connectivity index (χ1v) is 10.3. The molecule has 6 nitrogen and oxygen atoms in total. The first kappa shape index (κ1) is 20.8. The Bertz CT molecular complexity index is 1320. The molecule has 2 N–H and O–H groups in total. The molecule has 4 rings (SSSR count). The number of fused-ring (bicyclic) bond motifs is 3. The van der Waals surface area contributed by atoms with Crippen LogP contribution < -0.4 is 10.9 Å². The molecular weight excluding hydrogens is 429 g/mol. The molecule has 1 atom stereocenters. The summed E-state index contributed by atoms with van der Waals surface area (Å²) >= 11 is 1.48. The summed E-state index contributed by atoms with van der Waals surface area (Å²) in [5.41, 5.74) is 0.582. The highest BCUT2D eigenvalue weighted by molar-refractivity contribution is 7.98. The number of hydrogen-bond donors (Lipinski definition) is 2. The van der Waals surface area contributed by atoms with Crippen LogP contribution in [0.25, 0.3) is 15.6 Å². The Hall–Kier alpha value is -3.45. The van der Waals surface area contributed by atoms with Crippen molar-refractivity contribution in [2.75, 3.05) is 18.1 Å². The van der Waals surface area contributed by atoms with Gasteiger partial charge in [-0.2, -0.15) is 11.8 Å². The fourth-order valence-electron chi connectivity index (χ4n) is 3.58. The first-order chi connectivity index (χ1) is 14.8. The molecule has 31 heavy (non-hydrogen) atoms. The van der Waals surface area contributed by atoms with Gasteiger partial charge in [0.1, 0.15) is 5.82 Å². The smallest absolute Gasteiger partial charge is 0.322 e. The van der Waals surface area contributed by atoms with E-state index in [9.17, 15) is 22.8 Å². The Morgan fingerprint density at radius 1 is 1.19 bits per heavy atom. The highest BCUT2D eigenvalue weighted by Crippen LogP contribution is 2.38. The average Bonchev–Trinajstić information content (AvgIpc) is 2.75. The summed E-state index contributed by atoms with van der Waals surface area (Å²) in [5, 5.41) is 2.87. The third kappa shape index (κ3) is 3.72. The Kier molecular flexibility index (Phi) is 5.37. The highest BCUT2D eigenvalue weighted by Gasteiger charge is 2.31. The number of carbonyl (C=O) groups is 1. The maximum Gasteiger partial charge on any atom is 0.322 e. The van der Waals surface area contributed by atoms with Gasteiger partial charge < -0.3 is 15.2 Å². The molecule has 0 radical (unpaired) electrons. The standard InChI is InChI=1S/C21H15F3N4O2S/c1-25-16-5-10(3-4-13(16)22)26-21(30)28(2)18-9-31-8-17-19(18)11-6-14(23)15(24)7-12(11)20(29)27-17/h3-7,18H,8-9H2,2H3,(H,26,30)(H,27,29). The second-order valence-electron chi connectivity index (χ2n) is 7.01. The van der Waals surface area contributed by atoms with Crippen molar-refractivity contribution in [2.45, 2.75) is 11.8 Å². The number of halogens is 3. The van der Waals surface area contributed by atoms with Gasteiger partial charge in [0, 0.05) is 35.5 Å². The van der Waals surface area contributed by atoms with Gasteiger partial charge in [0.15, 0.2) is 11.6 Å². The van der Waals surface area contributed by atoms with Gasteiger partial charge in [-0.05, 0) is 35.7 Å². The minimum atomic E-state index is -1.13. The lowest BCUT2D eigenvalue weighted by molar-refractivity contribution is 0.209. The molecule has 2 aromatic carbocycles. The minimum Gasteiger partial charge on any atom is -0.324 e. The van der Waals surface area contributed by atoms with E-state index in [4.69, 9.17) is 6.57 Å². The number of aromatic amines is 1. The summed E-state index contributed by atoms with van der Waals surface area (Å²) in [5.74, 6) is -1.98. The lowest BCUT2D eigenvalue weighted by atomic mass is 9.97. The average molecular weight is 444 g/mol. The van der Waals surface area contributed by atoms with Crippen LogP contribution in [0.4, 0.5) is 29.3 Å². The van der Waals surface area contributed by atoms with E-state index >= 15 is 0 Å². The lowest BCUT2D eigenvalue weighted by Crippen LogP contribution is -2.38. The number of pyridine rings is 1. The van der Waals surface area contributed by atoms with Gasteiger partial charge in [-0.1, -0.05) is 0 Å². The van der Waals surface area contributed by atoms with E-state index in [1.54, 1.807) is 0 Å². The van der Waals surface area contributed by atoms with Crippen LogP contribution in [-0.4, -0.2) is 28.7 Å². The van der Waals surface area contributed by atoms with Crippen molar-refractivity contribution in [1.82, 2.24) is 9.88 Å². The predicted molar refractivity (Wildman–Crippen MR) is 113 cm³/mol. The summed E-state index contributed by atoms with van der Waals surface area (Å²) in [6.45, 7) is 6.99. The molecule has 158 valence electrons. The van der Waals surface area contributed by atoms with Crippen LogP contribution >= 0.6 is 11.8 Å². The van der Waals surface area contributed by atoms with E-state index in [-0.39, 0.29) is 22.1 Å². The zero-order valence-corrected chi connectivity index (χ0v) is 16.9. The Morgan fingerprint density at radius 2 is 1.90 bits per heavy atom. The van der Waals surface area contributed by atoms with Crippen LogP contribution in [0.3, 0.4) is 0 Å². The first-order valence-electron chi connectivity index (χ1n) is 9.12. The Morgan fingerprint density at radius 3 is 2.61 bits per heavy atom. The molecule has 2 amide bonds. The molecule has 1 aliphatic rings. The third-order valence-corrected chi connectivity index (χ3v) is 6.19. The number of nitrogens with zero attached hydrogens (tertiary/aromatic N) is 2. The number of aromatic nitrogens is 1. The number of anilines is 1. The van der Waals surface area contributed by atoms with Crippen LogP contribution in [0.2, 0.25) is 0 Å². The van der Waals surface area contributed by atoms with E-state index < -0.39 is 35.1 Å². The van der Waals surface area contributed by atoms with Gasteiger partial charge in [-0.3, -0.25) is 4.79 Å². The maximum absolute atomic E-state index is 14.0. The van der Waals surface area contributed by atoms with Crippen molar-refractivity contribution in [3.63, 3.8) is 0 Å². The van der Waals surface area contributed by atoms with E-state index in [1.165, 1.54) is 35.8 Å². The molecule has 0 saturated carbocycles. The van der Waals surface area contributed by atoms with Crippen LogP contribution in [0.15, 0.2) is 35.1 Å². The fraction of sp³-hybridized carbons (Fsp3) is 0.190. The molecule has 0 bridgehead atoms. The number of rotatable bonds is 2. The lowest BCUT2D eigenvalue weighted by Gasteiger charge is -2.33. The number of carbonyl (C=O) groups excluding carboxylic acids is 1. The Balaban J connectivity index is 1.73. The van der Waals surface area contributed by atoms with Gasteiger partial charge in [-0.15, -0.1) is 0 Å². The maximum atomic E-state index is 14.0. The largest absolute Gasteiger partial charge is 0.324 e. The second kappa shape index (κ2) is 8.00. The number of hydrogen-bond acceptors (Lipinski definition) is 3. The van der Waals surface area contributed by atoms with Crippen molar-refractivity contribution in [2.24, 2.45) is 0 Å². The number of H-pyrrole nitrogens is 1. The van der Waals surface area contributed by atoms with E-state index in [2.05, 4.69) is 15.1 Å². The minimum absolute atomic E-state index is 0.00333. The molecule has 10 heteroatoms. The molecule has 0 aliphatic carbocycles.